The van der Waals surface area contributed by atoms with E-state index in [0.29, 0.717) is 25.4 Å². The fraction of sp³-hybridized carbons (Fsp3) is 0.680. The van der Waals surface area contributed by atoms with E-state index in [-0.39, 0.29) is 24.5 Å². The predicted molar refractivity (Wildman–Crippen MR) is 129 cm³/mol. The van der Waals surface area contributed by atoms with Gasteiger partial charge in [-0.15, -0.1) is 11.3 Å². The van der Waals surface area contributed by atoms with Gasteiger partial charge in [0.1, 0.15) is 10.6 Å². The van der Waals surface area contributed by atoms with Crippen LogP contribution in [-0.2, 0) is 16.0 Å². The molecule has 2 aromatic heterocycles. The van der Waals surface area contributed by atoms with Crippen LogP contribution in [-0.4, -0.2) is 72.5 Å². The molecule has 7 nitrogen and oxygen atoms in total. The van der Waals surface area contributed by atoms with Crippen molar-refractivity contribution >= 4 is 27.5 Å². The van der Waals surface area contributed by atoms with Gasteiger partial charge in [0, 0.05) is 49.8 Å². The fourth-order valence-electron chi connectivity index (χ4n) is 5.69. The van der Waals surface area contributed by atoms with Crippen molar-refractivity contribution in [3.63, 3.8) is 0 Å². The molecule has 0 aromatic carbocycles. The van der Waals surface area contributed by atoms with E-state index in [2.05, 4.69) is 15.2 Å². The number of amides is 1. The number of pyridine rings is 1. The number of carbonyl (C=O) groups is 1. The number of fused-ring (bicyclic) bond motifs is 3. The van der Waals surface area contributed by atoms with Crippen molar-refractivity contribution in [2.45, 2.75) is 69.4 Å². The summed E-state index contributed by atoms with van der Waals surface area (Å²) < 4.78 is 12.1. The molecule has 3 heterocycles. The van der Waals surface area contributed by atoms with Gasteiger partial charge in [0.2, 0.25) is 5.91 Å². The maximum Gasteiger partial charge on any atom is 0.220 e. The molecule has 0 spiro atoms. The molecule has 2 fully saturated rings. The van der Waals surface area contributed by atoms with Gasteiger partial charge in [-0.05, 0) is 62.5 Å². The second-order valence-electron chi connectivity index (χ2n) is 9.49. The van der Waals surface area contributed by atoms with E-state index in [4.69, 9.17) is 14.6 Å². The maximum atomic E-state index is 12.5. The lowest BCUT2D eigenvalue weighted by Crippen LogP contribution is -2.46. The van der Waals surface area contributed by atoms with Crippen LogP contribution < -0.4 is 10.1 Å². The lowest BCUT2D eigenvalue weighted by Gasteiger charge is -2.38. The van der Waals surface area contributed by atoms with E-state index in [1.807, 2.05) is 12.3 Å². The van der Waals surface area contributed by atoms with E-state index >= 15 is 0 Å². The zero-order valence-corrected chi connectivity index (χ0v) is 20.1. The highest BCUT2D eigenvalue weighted by atomic mass is 32.1. The number of hydrogen-bond donors (Lipinski definition) is 2. The Morgan fingerprint density at radius 2 is 2.06 bits per heavy atom. The Hall–Kier alpha value is -1.74. The highest BCUT2D eigenvalue weighted by Gasteiger charge is 2.32. The zero-order chi connectivity index (χ0) is 22.6. The van der Waals surface area contributed by atoms with Crippen LogP contribution in [0.5, 0.6) is 5.75 Å². The van der Waals surface area contributed by atoms with Crippen molar-refractivity contribution in [2.75, 3.05) is 39.5 Å². The van der Waals surface area contributed by atoms with E-state index in [1.165, 1.54) is 23.3 Å². The van der Waals surface area contributed by atoms with Gasteiger partial charge in [-0.1, -0.05) is 0 Å². The van der Waals surface area contributed by atoms with Gasteiger partial charge < -0.3 is 19.9 Å². The third kappa shape index (κ3) is 5.19. The molecule has 2 aliphatic carbocycles. The van der Waals surface area contributed by atoms with Crippen molar-refractivity contribution < 1.29 is 19.4 Å². The Morgan fingerprint density at radius 1 is 1.24 bits per heavy atom. The van der Waals surface area contributed by atoms with Crippen LogP contribution >= 0.6 is 11.3 Å². The number of aromatic nitrogens is 1. The molecule has 3 aliphatic rings. The number of hydrogen-bond acceptors (Lipinski definition) is 7. The van der Waals surface area contributed by atoms with Crippen LogP contribution in [0.15, 0.2) is 12.3 Å². The number of nitrogens with zero attached hydrogens (tertiary/aromatic N) is 2. The number of aryl methyl sites for hydroxylation is 1. The van der Waals surface area contributed by atoms with Crippen molar-refractivity contribution in [3.05, 3.63) is 22.7 Å². The predicted octanol–water partition coefficient (Wildman–Crippen LogP) is 3.24. The maximum absolute atomic E-state index is 12.5. The van der Waals surface area contributed by atoms with Gasteiger partial charge in [0.05, 0.1) is 24.7 Å². The third-order valence-corrected chi connectivity index (χ3v) is 8.56. The molecule has 1 saturated carbocycles. The summed E-state index contributed by atoms with van der Waals surface area (Å²) in [6.45, 7) is 4.45. The largest absolute Gasteiger partial charge is 0.490 e. The normalized spacial score (nSPS) is 25.8. The number of nitrogens with one attached hydrogen (secondary N) is 1. The van der Waals surface area contributed by atoms with Crippen molar-refractivity contribution in [1.29, 1.82) is 0 Å². The second kappa shape index (κ2) is 10.7. The summed E-state index contributed by atoms with van der Waals surface area (Å²) >= 11 is 1.76. The van der Waals surface area contributed by atoms with Gasteiger partial charge in [0.15, 0.2) is 0 Å². The average Bonchev–Trinajstić information content (AvgIpc) is 3.40. The first-order chi connectivity index (χ1) is 16.2. The Bertz CT molecular complexity index is 951. The lowest BCUT2D eigenvalue weighted by atomic mass is 9.91. The minimum absolute atomic E-state index is 0.0634. The molecule has 1 aliphatic heterocycles. The minimum Gasteiger partial charge on any atom is -0.490 e. The van der Waals surface area contributed by atoms with E-state index in [1.54, 1.807) is 11.3 Å². The van der Waals surface area contributed by atoms with Crippen LogP contribution in [0.2, 0.25) is 0 Å². The summed E-state index contributed by atoms with van der Waals surface area (Å²) in [5.74, 6) is 1.22. The molecule has 5 rings (SSSR count). The second-order valence-corrected chi connectivity index (χ2v) is 10.6. The molecule has 1 atom stereocenters. The van der Waals surface area contributed by atoms with Crippen LogP contribution in [0.25, 0.3) is 10.2 Å². The molecular weight excluding hydrogens is 438 g/mol. The molecule has 33 heavy (non-hydrogen) atoms. The van der Waals surface area contributed by atoms with Gasteiger partial charge in [-0.2, -0.15) is 0 Å². The number of morpholine rings is 1. The Kier molecular flexibility index (Phi) is 7.45. The van der Waals surface area contributed by atoms with Crippen LogP contribution in [0.4, 0.5) is 0 Å². The minimum atomic E-state index is 0.0634. The molecule has 1 saturated heterocycles. The zero-order valence-electron chi connectivity index (χ0n) is 19.3. The Labute approximate surface area is 199 Å². The Morgan fingerprint density at radius 3 is 2.85 bits per heavy atom. The van der Waals surface area contributed by atoms with Crippen molar-refractivity contribution in [2.24, 2.45) is 0 Å². The monoisotopic (exact) mass is 473 g/mol. The topological polar surface area (TPSA) is 83.9 Å². The number of carbonyl (C=O) groups excluding carboxylic acids is 1. The molecule has 0 bridgehead atoms. The highest BCUT2D eigenvalue weighted by molar-refractivity contribution is 7.19. The van der Waals surface area contributed by atoms with Crippen molar-refractivity contribution in [1.82, 2.24) is 15.2 Å². The standard InChI is InChI=1S/C25H35N3O4S/c29-13-1-9-26-22(30)16-17-2-7-21-23(17)24-20(8-10-27-25(24)33-21)32-19-5-3-18(4-6-19)28-11-14-31-15-12-28/h8,10,17-19,29H,1-7,9,11-16H2,(H,26,30)/t17-,18-,19-/m1/s1. The number of aliphatic hydroxyl groups is 1. The number of rotatable bonds is 8. The number of aliphatic hydroxyl groups excluding tert-OH is 1. The summed E-state index contributed by atoms with van der Waals surface area (Å²) in [6, 6.07) is 2.67. The van der Waals surface area contributed by atoms with Crippen LogP contribution in [0.1, 0.15) is 61.3 Å². The molecular formula is C25H35N3O4S. The summed E-state index contributed by atoms with van der Waals surface area (Å²) in [4.78, 5) is 22.1. The fourth-order valence-corrected chi connectivity index (χ4v) is 6.94. The van der Waals surface area contributed by atoms with Crippen molar-refractivity contribution in [3.8, 4) is 5.75 Å². The number of ether oxygens (including phenoxy) is 2. The van der Waals surface area contributed by atoms with Crippen LogP contribution in [0.3, 0.4) is 0 Å². The van der Waals surface area contributed by atoms with Crippen LogP contribution in [0, 0.1) is 0 Å². The molecule has 0 radical (unpaired) electrons. The first kappa shape index (κ1) is 23.0. The molecule has 8 heteroatoms. The Balaban J connectivity index is 1.26. The molecule has 1 amide bonds. The van der Waals surface area contributed by atoms with E-state index in [0.717, 1.165) is 68.0 Å². The first-order valence-electron chi connectivity index (χ1n) is 12.5. The van der Waals surface area contributed by atoms with Gasteiger partial charge >= 0.3 is 0 Å². The summed E-state index contributed by atoms with van der Waals surface area (Å²) in [5, 5.41) is 13.0. The smallest absolute Gasteiger partial charge is 0.220 e. The first-order valence-corrected chi connectivity index (χ1v) is 13.3. The molecule has 2 N–H and O–H groups in total. The summed E-state index contributed by atoms with van der Waals surface area (Å²) in [7, 11) is 0. The average molecular weight is 474 g/mol. The molecule has 180 valence electrons. The molecule has 2 aromatic rings. The van der Waals surface area contributed by atoms with Gasteiger partial charge in [-0.25, -0.2) is 4.98 Å². The van der Waals surface area contributed by atoms with Gasteiger partial charge in [0.25, 0.3) is 0 Å². The van der Waals surface area contributed by atoms with E-state index in [9.17, 15) is 4.79 Å². The SMILES string of the molecule is O=C(C[C@H]1CCc2sc3nccc(O[C@H]4CC[C@H](N5CCOCC5)CC4)c3c21)NCCCO. The lowest BCUT2D eigenvalue weighted by molar-refractivity contribution is -0.121. The quantitative estimate of drug-likeness (QED) is 0.573. The third-order valence-electron chi connectivity index (χ3n) is 7.38. The molecule has 0 unspecified atom stereocenters. The highest BCUT2D eigenvalue weighted by Crippen LogP contribution is 2.48. The summed E-state index contributed by atoms with van der Waals surface area (Å²) in [6.07, 6.45) is 9.71. The number of thiophene rings is 1. The van der Waals surface area contributed by atoms with Gasteiger partial charge in [-0.3, -0.25) is 9.69 Å². The summed E-state index contributed by atoms with van der Waals surface area (Å²) in [5.41, 5.74) is 1.29. The van der Waals surface area contributed by atoms with E-state index < -0.39 is 0 Å².